The number of aryl methyl sites for hydroxylation is 1. The Kier molecular flexibility index (Phi) is 7.72. The summed E-state index contributed by atoms with van der Waals surface area (Å²) in [5.41, 5.74) is 5.34. The Balaban J connectivity index is 1.53. The van der Waals surface area contributed by atoms with Crippen molar-refractivity contribution in [3.8, 4) is 5.75 Å². The van der Waals surface area contributed by atoms with E-state index in [0.717, 1.165) is 28.0 Å². The minimum Gasteiger partial charge on any atom is -0.503 e. The molecule has 17 heteroatoms. The smallest absolute Gasteiger partial charge is 0.352 e. The summed E-state index contributed by atoms with van der Waals surface area (Å²) < 4.78 is 6.19. The molecule has 0 aromatic carbocycles. The van der Waals surface area contributed by atoms with Crippen molar-refractivity contribution in [1.82, 2.24) is 25.0 Å². The first kappa shape index (κ1) is 26.8. The molecule has 37 heavy (non-hydrogen) atoms. The number of carboxylic acid groups (broad SMARTS) is 1. The molecule has 196 valence electrons. The van der Waals surface area contributed by atoms with E-state index in [4.69, 9.17) is 22.1 Å². The number of thiazole rings is 1. The van der Waals surface area contributed by atoms with Gasteiger partial charge in [0.2, 0.25) is 5.15 Å². The first-order valence-electron chi connectivity index (χ1n) is 10.3. The summed E-state index contributed by atoms with van der Waals surface area (Å²) in [6.07, 6.45) is 1.19. The molecule has 2 aromatic heterocycles. The number of nitrogens with two attached hydrogens (primary N) is 1. The summed E-state index contributed by atoms with van der Waals surface area (Å²) in [5.74, 6) is -2.85. The normalized spacial score (nSPS) is 19.4. The van der Waals surface area contributed by atoms with Gasteiger partial charge in [-0.2, -0.15) is 5.10 Å². The molecule has 1 fully saturated rings. The Morgan fingerprint density at radius 2 is 2.16 bits per heavy atom. The number of methoxy groups -OCH3 is 1. The summed E-state index contributed by atoms with van der Waals surface area (Å²) in [6, 6.07) is -0.970. The first-order valence-corrected chi connectivity index (χ1v) is 13.6. The molecule has 4 rings (SSSR count). The number of ether oxygens (including phenoxy) is 1. The number of fused-ring (bicyclic) bond motifs is 1. The van der Waals surface area contributed by atoms with E-state index in [0.29, 0.717) is 5.57 Å². The molecule has 0 radical (unpaired) electrons. The number of β-lactam (4-membered cyclic amide) rings is 1. The molecule has 0 bridgehead atoms. The highest BCUT2D eigenvalue weighted by atomic mass is 35.5. The molecule has 2 atom stereocenters. The predicted molar refractivity (Wildman–Crippen MR) is 138 cm³/mol. The molecule has 5 N–H and O–H groups in total. The monoisotopic (exact) mass is 586 g/mol. The number of nitrogens with one attached hydrogen (secondary N) is 1. The number of aromatic hydroxyl groups is 1. The van der Waals surface area contributed by atoms with Crippen LogP contribution >= 0.6 is 46.5 Å². The zero-order chi connectivity index (χ0) is 27.0. The Morgan fingerprint density at radius 1 is 1.43 bits per heavy atom. The maximum atomic E-state index is 13.0. The van der Waals surface area contributed by atoms with Gasteiger partial charge in [-0.1, -0.05) is 23.4 Å². The van der Waals surface area contributed by atoms with Crippen LogP contribution in [0.15, 0.2) is 32.7 Å². The van der Waals surface area contributed by atoms with Crippen LogP contribution in [0.5, 0.6) is 5.75 Å². The van der Waals surface area contributed by atoms with Crippen LogP contribution in [0.4, 0.5) is 5.13 Å². The number of hydrogen-bond acceptors (Lipinski definition) is 12. The Bertz CT molecular complexity index is 1420. The van der Waals surface area contributed by atoms with Crippen molar-refractivity contribution in [3.63, 3.8) is 0 Å². The fourth-order valence-corrected chi connectivity index (χ4v) is 6.91. The predicted octanol–water partition coefficient (Wildman–Crippen LogP) is 0.696. The van der Waals surface area contributed by atoms with Gasteiger partial charge in [0.1, 0.15) is 27.7 Å². The Morgan fingerprint density at radius 3 is 2.78 bits per heavy atom. The van der Waals surface area contributed by atoms with Gasteiger partial charge in [-0.15, -0.1) is 23.1 Å². The number of thioether (sulfide) groups is 2. The maximum Gasteiger partial charge on any atom is 0.352 e. The van der Waals surface area contributed by atoms with E-state index >= 15 is 0 Å². The number of halogens is 1. The van der Waals surface area contributed by atoms with Crippen LogP contribution in [0.3, 0.4) is 0 Å². The van der Waals surface area contributed by atoms with Gasteiger partial charge >= 0.3 is 5.97 Å². The third-order valence-electron chi connectivity index (χ3n) is 5.33. The molecule has 13 nitrogen and oxygen atoms in total. The average molecular weight is 587 g/mol. The standard InChI is InChI=1S/C20H19ClN6O7S3/c1-26-18(13(29)12(28)14(21)25-26)36-5-7-4-35-17-10(16(31)27(17)11(7)19(32)33)24-15(30)8(3-34-2)9-6-37-20(22)23-9/h3,6,10,17,29H,4-5H2,1-2H3,(H2,22,23)(H,24,30)(H,32,33)/b8-3-. The van der Waals surface area contributed by atoms with E-state index in [9.17, 15) is 29.4 Å². The molecule has 4 heterocycles. The van der Waals surface area contributed by atoms with E-state index in [1.54, 1.807) is 5.38 Å². The van der Waals surface area contributed by atoms with Crippen molar-refractivity contribution in [2.45, 2.75) is 16.4 Å². The zero-order valence-corrected chi connectivity index (χ0v) is 22.3. The van der Waals surface area contributed by atoms with Crippen molar-refractivity contribution in [2.24, 2.45) is 7.05 Å². The van der Waals surface area contributed by atoms with Gasteiger partial charge in [0.05, 0.1) is 19.1 Å². The fraction of sp³-hybridized carbons (Fsp3) is 0.300. The van der Waals surface area contributed by atoms with Gasteiger partial charge in [-0.25, -0.2) is 9.78 Å². The highest BCUT2D eigenvalue weighted by Gasteiger charge is 2.54. The molecule has 2 aromatic rings. The van der Waals surface area contributed by atoms with Crippen LogP contribution < -0.4 is 16.5 Å². The number of nitrogens with zero attached hydrogens (tertiary/aromatic N) is 4. The van der Waals surface area contributed by atoms with Crippen molar-refractivity contribution < 1.29 is 29.3 Å². The summed E-state index contributed by atoms with van der Waals surface area (Å²) in [7, 11) is 2.83. The summed E-state index contributed by atoms with van der Waals surface area (Å²) >= 11 is 9.08. The molecule has 0 spiro atoms. The van der Waals surface area contributed by atoms with E-state index in [-0.39, 0.29) is 38.6 Å². The van der Waals surface area contributed by atoms with Crippen molar-refractivity contribution in [3.05, 3.63) is 44.0 Å². The second-order valence-corrected chi connectivity index (χ2v) is 11.0. The summed E-state index contributed by atoms with van der Waals surface area (Å²) in [4.78, 5) is 55.1. The number of hydrogen-bond donors (Lipinski definition) is 4. The van der Waals surface area contributed by atoms with Crippen LogP contribution in [0.25, 0.3) is 5.57 Å². The van der Waals surface area contributed by atoms with E-state index in [2.05, 4.69) is 15.4 Å². The topological polar surface area (TPSA) is 190 Å². The fourth-order valence-electron chi connectivity index (χ4n) is 3.66. The number of anilines is 1. The molecule has 2 amide bonds. The molecule has 2 aliphatic heterocycles. The summed E-state index contributed by atoms with van der Waals surface area (Å²) in [6.45, 7) is 0. The maximum absolute atomic E-state index is 13.0. The highest BCUT2D eigenvalue weighted by Crippen LogP contribution is 2.42. The third kappa shape index (κ3) is 5.01. The number of aromatic nitrogens is 3. The number of carbonyl (C=O) groups is 3. The minimum absolute atomic E-state index is 0.0539. The van der Waals surface area contributed by atoms with Gasteiger partial charge in [-0.3, -0.25) is 24.0 Å². The molecule has 1 saturated heterocycles. The second kappa shape index (κ2) is 10.6. The number of nitrogen functional groups attached to an aromatic ring is 1. The molecule has 0 aliphatic carbocycles. The number of rotatable bonds is 8. The van der Waals surface area contributed by atoms with Crippen molar-refractivity contribution >= 4 is 74.9 Å². The number of carboxylic acids is 1. The highest BCUT2D eigenvalue weighted by molar-refractivity contribution is 8.01. The van der Waals surface area contributed by atoms with Crippen molar-refractivity contribution in [2.75, 3.05) is 24.3 Å². The third-order valence-corrected chi connectivity index (χ3v) is 8.82. The first-order chi connectivity index (χ1) is 17.5. The van der Waals surface area contributed by atoms with E-state index < -0.39 is 45.5 Å². The number of aliphatic carboxylic acids is 1. The van der Waals surface area contributed by atoms with E-state index in [1.807, 2.05) is 0 Å². The molecular formula is C20H19ClN6O7S3. The quantitative estimate of drug-likeness (QED) is 0.147. The summed E-state index contributed by atoms with van der Waals surface area (Å²) in [5, 5.41) is 27.4. The van der Waals surface area contributed by atoms with Gasteiger partial charge in [0, 0.05) is 23.9 Å². The lowest BCUT2D eigenvalue weighted by Gasteiger charge is -2.49. The molecule has 2 unspecified atom stereocenters. The van der Waals surface area contributed by atoms with Crippen LogP contribution in [-0.2, 0) is 26.2 Å². The van der Waals surface area contributed by atoms with Crippen LogP contribution in [-0.4, -0.2) is 77.7 Å². The second-order valence-electron chi connectivity index (χ2n) is 7.64. The van der Waals surface area contributed by atoms with Crippen LogP contribution in [0.2, 0.25) is 5.15 Å². The minimum atomic E-state index is -1.32. The largest absolute Gasteiger partial charge is 0.503 e. The lowest BCUT2D eigenvalue weighted by atomic mass is 10.0. The Labute approximate surface area is 226 Å². The van der Waals surface area contributed by atoms with Gasteiger partial charge in [0.25, 0.3) is 17.2 Å². The van der Waals surface area contributed by atoms with Gasteiger partial charge in [-0.05, 0) is 5.57 Å². The number of amides is 2. The Hall–Kier alpha value is -3.21. The lowest BCUT2D eigenvalue weighted by Crippen LogP contribution is -2.70. The van der Waals surface area contributed by atoms with Crippen LogP contribution in [0, 0.1) is 0 Å². The van der Waals surface area contributed by atoms with Gasteiger partial charge < -0.3 is 26.0 Å². The molecule has 2 aliphatic rings. The van der Waals surface area contributed by atoms with Crippen molar-refractivity contribution in [1.29, 1.82) is 0 Å². The average Bonchev–Trinajstić information content (AvgIpc) is 3.29. The molecule has 0 saturated carbocycles. The van der Waals surface area contributed by atoms with Gasteiger partial charge in [0.15, 0.2) is 10.9 Å². The SMILES string of the molecule is CO/C=C(\C(=O)NC1C(=O)N2C(C(=O)O)=C(CSc3c(O)c(=O)c(Cl)nn3C)CSC12)c1csc(N)n1. The van der Waals surface area contributed by atoms with Crippen LogP contribution in [0.1, 0.15) is 5.69 Å². The lowest BCUT2D eigenvalue weighted by molar-refractivity contribution is -0.150. The number of carbonyl (C=O) groups excluding carboxylic acids is 2. The molecular weight excluding hydrogens is 568 g/mol. The zero-order valence-electron chi connectivity index (χ0n) is 19.1. The van der Waals surface area contributed by atoms with E-state index in [1.165, 1.54) is 36.9 Å².